The summed E-state index contributed by atoms with van der Waals surface area (Å²) in [7, 11) is 0. The van der Waals surface area contributed by atoms with Gasteiger partial charge in [-0.15, -0.1) is 0 Å². The van der Waals surface area contributed by atoms with Gasteiger partial charge in [0.15, 0.2) is 0 Å². The fraction of sp³-hybridized carbons (Fsp3) is 0.350. The molecule has 7 heteroatoms. The molecule has 7 nitrogen and oxygen atoms in total. The second-order valence-electron chi connectivity index (χ2n) is 7.26. The highest BCUT2D eigenvalue weighted by atomic mass is 16.2. The van der Waals surface area contributed by atoms with Crippen LogP contribution in [0.5, 0.6) is 0 Å². The van der Waals surface area contributed by atoms with Gasteiger partial charge >= 0.3 is 6.03 Å². The van der Waals surface area contributed by atoms with Gasteiger partial charge in [-0.3, -0.25) is 9.59 Å². The van der Waals surface area contributed by atoms with E-state index in [1.165, 1.54) is 0 Å². The topological polar surface area (TPSA) is 83.4 Å². The summed E-state index contributed by atoms with van der Waals surface area (Å²) in [4.78, 5) is 38.7. The van der Waals surface area contributed by atoms with Crippen LogP contribution in [0, 0.1) is 5.92 Å². The summed E-state index contributed by atoms with van der Waals surface area (Å²) in [5, 5.41) is 5.37. The van der Waals surface area contributed by atoms with E-state index in [0.29, 0.717) is 25.3 Å². The monoisotopic (exact) mass is 366 g/mol. The second kappa shape index (κ2) is 6.90. The van der Waals surface area contributed by atoms with Crippen molar-refractivity contribution in [3.8, 4) is 0 Å². The summed E-state index contributed by atoms with van der Waals surface area (Å²) in [6, 6.07) is 12.2. The van der Waals surface area contributed by atoms with Gasteiger partial charge in [-0.25, -0.2) is 4.79 Å². The van der Waals surface area contributed by atoms with Crippen LogP contribution in [0.1, 0.15) is 25.0 Å². The van der Waals surface area contributed by atoms with Gasteiger partial charge in [0.25, 0.3) is 5.56 Å². The lowest BCUT2D eigenvalue weighted by Gasteiger charge is -2.42. The van der Waals surface area contributed by atoms with Crippen molar-refractivity contribution < 1.29 is 9.59 Å². The summed E-state index contributed by atoms with van der Waals surface area (Å²) in [6.45, 7) is 3.49. The fourth-order valence-electron chi connectivity index (χ4n) is 4.10. The van der Waals surface area contributed by atoms with Crippen LogP contribution in [0.25, 0.3) is 0 Å². The average Bonchev–Trinajstić information content (AvgIpc) is 2.65. The first-order chi connectivity index (χ1) is 13.0. The smallest absolute Gasteiger partial charge is 0.323 e. The van der Waals surface area contributed by atoms with Crippen LogP contribution in [0.4, 0.5) is 16.2 Å². The van der Waals surface area contributed by atoms with E-state index in [1.807, 2.05) is 29.2 Å². The number of rotatable bonds is 2. The van der Waals surface area contributed by atoms with Gasteiger partial charge in [-0.05, 0) is 36.6 Å². The van der Waals surface area contributed by atoms with Crippen molar-refractivity contribution in [2.75, 3.05) is 23.7 Å². The van der Waals surface area contributed by atoms with Crippen LogP contribution in [-0.4, -0.2) is 34.5 Å². The van der Waals surface area contributed by atoms with Crippen molar-refractivity contribution in [3.63, 3.8) is 0 Å². The quantitative estimate of drug-likeness (QED) is 0.856. The second-order valence-corrected chi connectivity index (χ2v) is 7.26. The van der Waals surface area contributed by atoms with Gasteiger partial charge in [0.05, 0.1) is 0 Å². The summed E-state index contributed by atoms with van der Waals surface area (Å²) < 4.78 is 1.76. The third-order valence-electron chi connectivity index (χ3n) is 5.33. The van der Waals surface area contributed by atoms with Gasteiger partial charge in [-0.2, -0.15) is 0 Å². The number of aromatic nitrogens is 1. The molecule has 1 saturated heterocycles. The Morgan fingerprint density at radius 1 is 1.00 bits per heavy atom. The van der Waals surface area contributed by atoms with E-state index in [9.17, 15) is 14.4 Å². The number of carbonyl (C=O) groups excluding carboxylic acids is 2. The Balaban J connectivity index is 1.54. The minimum atomic E-state index is -0.447. The van der Waals surface area contributed by atoms with Crippen molar-refractivity contribution in [1.29, 1.82) is 0 Å². The molecule has 2 aliphatic rings. The van der Waals surface area contributed by atoms with E-state index in [0.717, 1.165) is 12.1 Å². The number of anilines is 2. The molecule has 4 rings (SSSR count). The number of para-hydroxylation sites is 1. The number of carbonyl (C=O) groups is 2. The highest BCUT2D eigenvalue weighted by Crippen LogP contribution is 2.35. The molecule has 1 aromatic carbocycles. The summed E-state index contributed by atoms with van der Waals surface area (Å²) >= 11 is 0. The third kappa shape index (κ3) is 3.45. The lowest BCUT2D eigenvalue weighted by Crippen LogP contribution is -2.48. The van der Waals surface area contributed by atoms with Crippen molar-refractivity contribution in [1.82, 2.24) is 9.47 Å². The van der Waals surface area contributed by atoms with Gasteiger partial charge in [0, 0.05) is 43.9 Å². The van der Waals surface area contributed by atoms with Gasteiger partial charge in [0.1, 0.15) is 5.69 Å². The number of nitrogens with one attached hydrogen (secondary N) is 2. The standard InChI is InChI=1S/C20H22N4O3/c1-13(25)23-10-14-9-15(12-23)18-8-7-17(19(26)24(18)11-14)22-20(27)21-16-5-3-2-4-6-16/h2-8,14-15H,9-12H2,1H3,(H2,21,22,27)/t14-,15-/m1/s1. The zero-order valence-electron chi connectivity index (χ0n) is 15.1. The van der Waals surface area contributed by atoms with Crippen molar-refractivity contribution in [2.24, 2.45) is 5.92 Å². The zero-order valence-corrected chi connectivity index (χ0v) is 15.1. The number of hydrogen-bond acceptors (Lipinski definition) is 3. The van der Waals surface area contributed by atoms with Crippen LogP contribution in [0.15, 0.2) is 47.3 Å². The van der Waals surface area contributed by atoms with Crippen molar-refractivity contribution in [3.05, 3.63) is 58.5 Å². The lowest BCUT2D eigenvalue weighted by atomic mass is 9.83. The van der Waals surface area contributed by atoms with Crippen LogP contribution < -0.4 is 16.2 Å². The van der Waals surface area contributed by atoms with Crippen LogP contribution in [0.3, 0.4) is 0 Å². The normalized spacial score (nSPS) is 20.6. The Kier molecular flexibility index (Phi) is 4.43. The molecule has 2 aliphatic heterocycles. The first-order valence-electron chi connectivity index (χ1n) is 9.13. The molecule has 0 saturated carbocycles. The highest BCUT2D eigenvalue weighted by molar-refractivity contribution is 5.99. The van der Waals surface area contributed by atoms with Gasteiger partial charge in [0.2, 0.25) is 5.91 Å². The first kappa shape index (κ1) is 17.3. The van der Waals surface area contributed by atoms with Crippen molar-refractivity contribution >= 4 is 23.3 Å². The molecular weight excluding hydrogens is 344 g/mol. The molecule has 0 radical (unpaired) electrons. The molecule has 3 amide bonds. The molecule has 0 unspecified atom stereocenters. The minimum Gasteiger partial charge on any atom is -0.342 e. The molecule has 1 aromatic heterocycles. The van der Waals surface area contributed by atoms with Crippen LogP contribution >= 0.6 is 0 Å². The molecule has 3 heterocycles. The predicted octanol–water partition coefficient (Wildman–Crippen LogP) is 2.46. The Morgan fingerprint density at radius 2 is 1.78 bits per heavy atom. The number of hydrogen-bond donors (Lipinski definition) is 2. The Hall–Kier alpha value is -3.09. The number of benzene rings is 1. The van der Waals surface area contributed by atoms with E-state index < -0.39 is 6.03 Å². The predicted molar refractivity (Wildman–Crippen MR) is 103 cm³/mol. The Morgan fingerprint density at radius 3 is 2.52 bits per heavy atom. The van der Waals surface area contributed by atoms with Crippen LogP contribution in [0.2, 0.25) is 0 Å². The molecule has 2 aromatic rings. The molecule has 0 aliphatic carbocycles. The third-order valence-corrected chi connectivity index (χ3v) is 5.33. The zero-order chi connectivity index (χ0) is 19.0. The SMILES string of the molecule is CC(=O)N1C[C@H]2C[C@H](C1)c1ccc(NC(=O)Nc3ccccc3)c(=O)n1C2. The molecule has 2 N–H and O–H groups in total. The van der Waals surface area contributed by atoms with Gasteiger partial charge < -0.3 is 20.1 Å². The van der Waals surface area contributed by atoms with E-state index in [4.69, 9.17) is 0 Å². The highest BCUT2D eigenvalue weighted by Gasteiger charge is 2.35. The molecule has 27 heavy (non-hydrogen) atoms. The summed E-state index contributed by atoms with van der Waals surface area (Å²) in [6.07, 6.45) is 0.991. The van der Waals surface area contributed by atoms with Crippen molar-refractivity contribution in [2.45, 2.75) is 25.8 Å². The average molecular weight is 366 g/mol. The lowest BCUT2D eigenvalue weighted by molar-refractivity contribution is -0.131. The maximum Gasteiger partial charge on any atom is 0.323 e. The molecule has 140 valence electrons. The van der Waals surface area contributed by atoms with E-state index in [1.54, 1.807) is 29.7 Å². The summed E-state index contributed by atoms with van der Waals surface area (Å²) in [5.74, 6) is 0.518. The number of amides is 3. The number of urea groups is 1. The van der Waals surface area contributed by atoms with Gasteiger partial charge in [-0.1, -0.05) is 18.2 Å². The summed E-state index contributed by atoms with van der Waals surface area (Å²) in [5.41, 5.74) is 1.67. The van der Waals surface area contributed by atoms with E-state index in [2.05, 4.69) is 10.6 Å². The maximum absolute atomic E-state index is 12.9. The molecule has 2 atom stereocenters. The number of likely N-dealkylation sites (tertiary alicyclic amines) is 1. The number of nitrogens with zero attached hydrogens (tertiary/aromatic N) is 2. The maximum atomic E-state index is 12.9. The number of piperidine rings is 1. The number of pyridine rings is 1. The fourth-order valence-corrected chi connectivity index (χ4v) is 4.10. The number of fused-ring (bicyclic) bond motifs is 4. The minimum absolute atomic E-state index is 0.0800. The molecule has 1 fully saturated rings. The molecule has 2 bridgehead atoms. The van der Waals surface area contributed by atoms with E-state index in [-0.39, 0.29) is 29.0 Å². The first-order valence-corrected chi connectivity index (χ1v) is 9.13. The Labute approximate surface area is 157 Å². The Bertz CT molecular complexity index is 938. The molecule has 0 spiro atoms. The van der Waals surface area contributed by atoms with Crippen LogP contribution in [-0.2, 0) is 11.3 Å². The van der Waals surface area contributed by atoms with E-state index >= 15 is 0 Å². The largest absolute Gasteiger partial charge is 0.342 e. The molecular formula is C20H22N4O3.